The number of nitrogens with zero attached hydrogens (tertiary/aromatic N) is 1. The molecule has 0 aliphatic heterocycles. The molecular formula is C8H7Cl2N3O. The van der Waals surface area contributed by atoms with E-state index < -0.39 is 6.03 Å². The van der Waals surface area contributed by atoms with Gasteiger partial charge < -0.3 is 5.73 Å². The van der Waals surface area contributed by atoms with Crippen molar-refractivity contribution < 1.29 is 4.79 Å². The van der Waals surface area contributed by atoms with Crippen LogP contribution in [0.15, 0.2) is 23.3 Å². The summed E-state index contributed by atoms with van der Waals surface area (Å²) in [6.45, 7) is 0. The minimum absolute atomic E-state index is 0.426. The summed E-state index contributed by atoms with van der Waals surface area (Å²) in [4.78, 5) is 10.3. The molecule has 4 nitrogen and oxygen atoms in total. The highest BCUT2D eigenvalue weighted by atomic mass is 35.5. The highest BCUT2D eigenvalue weighted by Crippen LogP contribution is 2.21. The van der Waals surface area contributed by atoms with Crippen LogP contribution in [-0.4, -0.2) is 12.2 Å². The number of nitrogens with one attached hydrogen (secondary N) is 1. The van der Waals surface area contributed by atoms with Gasteiger partial charge in [-0.05, 0) is 17.7 Å². The van der Waals surface area contributed by atoms with E-state index in [1.807, 2.05) is 0 Å². The van der Waals surface area contributed by atoms with Crippen molar-refractivity contribution in [1.82, 2.24) is 5.43 Å². The lowest BCUT2D eigenvalue weighted by atomic mass is 10.2. The quantitative estimate of drug-likeness (QED) is 0.594. The van der Waals surface area contributed by atoms with Gasteiger partial charge >= 0.3 is 6.03 Å². The Hall–Kier alpha value is -1.26. The number of primary amides is 1. The molecule has 0 bridgehead atoms. The molecule has 1 rings (SSSR count). The van der Waals surface area contributed by atoms with E-state index in [9.17, 15) is 4.79 Å². The van der Waals surface area contributed by atoms with Crippen LogP contribution < -0.4 is 11.2 Å². The molecule has 0 heterocycles. The molecule has 0 unspecified atom stereocenters. The van der Waals surface area contributed by atoms with E-state index in [-0.39, 0.29) is 0 Å². The molecule has 1 aromatic carbocycles. The fourth-order valence-electron chi connectivity index (χ4n) is 0.763. The molecule has 0 fully saturated rings. The second-order valence-electron chi connectivity index (χ2n) is 2.41. The van der Waals surface area contributed by atoms with Crippen molar-refractivity contribution in [2.45, 2.75) is 0 Å². The summed E-state index contributed by atoms with van der Waals surface area (Å²) in [5, 5.41) is 4.45. The number of hydrogen-bond acceptors (Lipinski definition) is 2. The van der Waals surface area contributed by atoms with Gasteiger partial charge in [0.05, 0.1) is 16.3 Å². The minimum atomic E-state index is -0.721. The van der Waals surface area contributed by atoms with Crippen LogP contribution in [0, 0.1) is 0 Å². The van der Waals surface area contributed by atoms with Crippen molar-refractivity contribution in [1.29, 1.82) is 0 Å². The van der Waals surface area contributed by atoms with E-state index in [1.165, 1.54) is 6.21 Å². The average Bonchev–Trinajstić information content (AvgIpc) is 2.10. The normalized spacial score (nSPS) is 10.4. The van der Waals surface area contributed by atoms with Gasteiger partial charge in [0.25, 0.3) is 0 Å². The van der Waals surface area contributed by atoms with Crippen LogP contribution in [0.1, 0.15) is 5.56 Å². The maximum absolute atomic E-state index is 10.3. The van der Waals surface area contributed by atoms with E-state index in [4.69, 9.17) is 28.9 Å². The van der Waals surface area contributed by atoms with Crippen molar-refractivity contribution in [2.75, 3.05) is 0 Å². The first-order valence-corrected chi connectivity index (χ1v) is 4.39. The largest absolute Gasteiger partial charge is 0.350 e. The Morgan fingerprint density at radius 3 is 2.71 bits per heavy atom. The monoisotopic (exact) mass is 231 g/mol. The Kier molecular flexibility index (Phi) is 3.73. The molecule has 74 valence electrons. The number of hydrazone groups is 1. The zero-order chi connectivity index (χ0) is 10.6. The van der Waals surface area contributed by atoms with Gasteiger partial charge in [-0.15, -0.1) is 0 Å². The Bertz CT molecular complexity index is 379. The molecule has 0 saturated heterocycles. The summed E-state index contributed by atoms with van der Waals surface area (Å²) < 4.78 is 0. The molecule has 2 amide bonds. The molecule has 3 N–H and O–H groups in total. The van der Waals surface area contributed by atoms with Crippen molar-refractivity contribution >= 4 is 35.4 Å². The molecular weight excluding hydrogens is 225 g/mol. The zero-order valence-corrected chi connectivity index (χ0v) is 8.51. The summed E-state index contributed by atoms with van der Waals surface area (Å²) >= 11 is 11.4. The maximum atomic E-state index is 10.3. The first-order valence-electron chi connectivity index (χ1n) is 3.63. The maximum Gasteiger partial charge on any atom is 0.332 e. The van der Waals surface area contributed by atoms with Crippen LogP contribution in [0.2, 0.25) is 10.0 Å². The fourth-order valence-corrected chi connectivity index (χ4v) is 1.07. The van der Waals surface area contributed by atoms with Crippen molar-refractivity contribution in [2.24, 2.45) is 10.8 Å². The first kappa shape index (κ1) is 10.8. The number of halogens is 2. The Morgan fingerprint density at radius 2 is 2.14 bits per heavy atom. The topological polar surface area (TPSA) is 67.5 Å². The van der Waals surface area contributed by atoms with E-state index in [2.05, 4.69) is 10.5 Å². The number of rotatable bonds is 2. The summed E-state index contributed by atoms with van der Waals surface area (Å²) in [6, 6.07) is 4.24. The molecule has 0 aliphatic rings. The smallest absolute Gasteiger partial charge is 0.332 e. The summed E-state index contributed by atoms with van der Waals surface area (Å²) in [5.74, 6) is 0. The molecule has 14 heavy (non-hydrogen) atoms. The average molecular weight is 232 g/mol. The molecule has 0 saturated carbocycles. The Labute approximate surface area is 90.7 Å². The zero-order valence-electron chi connectivity index (χ0n) is 7.00. The van der Waals surface area contributed by atoms with E-state index in [0.717, 1.165) is 0 Å². The third-order valence-electron chi connectivity index (χ3n) is 1.33. The third-order valence-corrected chi connectivity index (χ3v) is 2.07. The van der Waals surface area contributed by atoms with Gasteiger partial charge in [0.2, 0.25) is 0 Å². The van der Waals surface area contributed by atoms with Crippen LogP contribution in [0.3, 0.4) is 0 Å². The number of benzene rings is 1. The van der Waals surface area contributed by atoms with Gasteiger partial charge in [-0.25, -0.2) is 10.2 Å². The van der Waals surface area contributed by atoms with Crippen LogP contribution in [-0.2, 0) is 0 Å². The second-order valence-corrected chi connectivity index (χ2v) is 3.22. The molecule has 0 spiro atoms. The number of urea groups is 1. The SMILES string of the molecule is NC(=O)N/N=C/c1ccc(Cl)c(Cl)c1. The van der Waals surface area contributed by atoms with Crippen molar-refractivity contribution in [3.05, 3.63) is 33.8 Å². The highest BCUT2D eigenvalue weighted by molar-refractivity contribution is 6.42. The number of carbonyl (C=O) groups excluding carboxylic acids is 1. The van der Waals surface area contributed by atoms with Gasteiger partial charge in [-0.3, -0.25) is 0 Å². The summed E-state index contributed by atoms with van der Waals surface area (Å²) in [6.07, 6.45) is 1.41. The number of nitrogens with two attached hydrogens (primary N) is 1. The van der Waals surface area contributed by atoms with Crippen molar-refractivity contribution in [3.8, 4) is 0 Å². The Balaban J connectivity index is 2.73. The molecule has 1 aromatic rings. The lowest BCUT2D eigenvalue weighted by molar-refractivity contribution is 0.249. The van der Waals surface area contributed by atoms with E-state index in [1.54, 1.807) is 18.2 Å². The number of hydrogen-bond donors (Lipinski definition) is 2. The van der Waals surface area contributed by atoms with E-state index >= 15 is 0 Å². The lowest BCUT2D eigenvalue weighted by Gasteiger charge is -1.96. The molecule has 0 atom stereocenters. The molecule has 0 aliphatic carbocycles. The standard InChI is InChI=1S/C8H7Cl2N3O/c9-6-2-1-5(3-7(6)10)4-12-13-8(11)14/h1-4H,(H3,11,13,14)/b12-4+. The van der Waals surface area contributed by atoms with Crippen LogP contribution in [0.5, 0.6) is 0 Å². The Morgan fingerprint density at radius 1 is 1.43 bits per heavy atom. The number of amides is 2. The predicted molar refractivity (Wildman–Crippen MR) is 56.8 cm³/mol. The van der Waals surface area contributed by atoms with Crippen LogP contribution >= 0.6 is 23.2 Å². The molecule has 6 heteroatoms. The third kappa shape index (κ3) is 3.24. The van der Waals surface area contributed by atoms with Crippen molar-refractivity contribution in [3.63, 3.8) is 0 Å². The predicted octanol–water partition coefficient (Wildman–Crippen LogP) is 2.00. The number of carbonyl (C=O) groups is 1. The first-order chi connectivity index (χ1) is 6.59. The van der Waals surface area contributed by atoms with E-state index in [0.29, 0.717) is 15.6 Å². The summed E-state index contributed by atoms with van der Waals surface area (Å²) in [5.41, 5.74) is 7.58. The van der Waals surface area contributed by atoms with Gasteiger partial charge in [0.1, 0.15) is 0 Å². The molecule has 0 aromatic heterocycles. The second kappa shape index (κ2) is 4.83. The van der Waals surface area contributed by atoms with Gasteiger partial charge in [-0.2, -0.15) is 5.10 Å². The van der Waals surface area contributed by atoms with Gasteiger partial charge in [0, 0.05) is 0 Å². The fraction of sp³-hybridized carbons (Fsp3) is 0. The molecule has 0 radical (unpaired) electrons. The van der Waals surface area contributed by atoms with Crippen LogP contribution in [0.25, 0.3) is 0 Å². The highest BCUT2D eigenvalue weighted by Gasteiger charge is 1.96. The van der Waals surface area contributed by atoms with Crippen LogP contribution in [0.4, 0.5) is 4.79 Å². The van der Waals surface area contributed by atoms with Gasteiger partial charge in [0.15, 0.2) is 0 Å². The minimum Gasteiger partial charge on any atom is -0.350 e. The van der Waals surface area contributed by atoms with Gasteiger partial charge in [-0.1, -0.05) is 29.3 Å². The lowest BCUT2D eigenvalue weighted by Crippen LogP contribution is -2.24. The summed E-state index contributed by atoms with van der Waals surface area (Å²) in [7, 11) is 0.